The van der Waals surface area contributed by atoms with Crippen molar-refractivity contribution in [1.82, 2.24) is 10.3 Å². The van der Waals surface area contributed by atoms with Crippen LogP contribution in [0.25, 0.3) is 10.9 Å². The third kappa shape index (κ3) is 3.49. The van der Waals surface area contributed by atoms with Gasteiger partial charge in [-0.25, -0.2) is 4.90 Å². The molecule has 0 spiro atoms. The molecule has 0 radical (unpaired) electrons. The number of aromatic amines is 1. The Morgan fingerprint density at radius 1 is 0.973 bits per heavy atom. The SMILES string of the molecule is O=C1[C@@H]2[C@@H](c3ccccc3O)N[C@](Cc3c[nH]c4ccccc34)(C(=O)O)[C@@H]2C(=O)N1c1ccc(Br)cc1. The Morgan fingerprint density at radius 2 is 1.68 bits per heavy atom. The van der Waals surface area contributed by atoms with Gasteiger partial charge >= 0.3 is 5.97 Å². The average molecular weight is 560 g/mol. The van der Waals surface area contributed by atoms with Gasteiger partial charge in [0.1, 0.15) is 11.3 Å². The molecule has 1 aromatic heterocycles. The number of rotatable bonds is 5. The Bertz CT molecular complexity index is 1570. The molecule has 0 aliphatic carbocycles. The molecule has 9 heteroatoms. The number of halogens is 1. The number of anilines is 1. The number of aromatic nitrogens is 1. The zero-order chi connectivity index (χ0) is 25.9. The maximum Gasteiger partial charge on any atom is 0.325 e. The number of H-pyrrole nitrogens is 1. The number of phenolic OH excluding ortho intramolecular Hbond substituents is 1. The van der Waals surface area contributed by atoms with Crippen LogP contribution in [0.5, 0.6) is 5.75 Å². The largest absolute Gasteiger partial charge is 0.508 e. The van der Waals surface area contributed by atoms with Crippen molar-refractivity contribution in [3.8, 4) is 5.75 Å². The van der Waals surface area contributed by atoms with E-state index in [-0.39, 0.29) is 12.2 Å². The van der Waals surface area contributed by atoms with Crippen LogP contribution in [0.3, 0.4) is 0 Å². The fourth-order valence-electron chi connectivity index (χ4n) is 5.88. The topological polar surface area (TPSA) is 123 Å². The van der Waals surface area contributed by atoms with Gasteiger partial charge in [0.2, 0.25) is 11.8 Å². The monoisotopic (exact) mass is 559 g/mol. The van der Waals surface area contributed by atoms with E-state index in [4.69, 9.17) is 0 Å². The van der Waals surface area contributed by atoms with E-state index in [2.05, 4.69) is 26.2 Å². The van der Waals surface area contributed by atoms with E-state index in [0.29, 0.717) is 16.8 Å². The second kappa shape index (κ2) is 8.57. The molecule has 0 saturated carbocycles. The van der Waals surface area contributed by atoms with Crippen LogP contribution in [-0.2, 0) is 20.8 Å². The number of carboxylic acid groups (broad SMARTS) is 1. The quantitative estimate of drug-likeness (QED) is 0.272. The van der Waals surface area contributed by atoms with Crippen molar-refractivity contribution >= 4 is 50.3 Å². The molecule has 2 saturated heterocycles. The summed E-state index contributed by atoms with van der Waals surface area (Å²) in [6.07, 6.45) is 1.71. The number of fused-ring (bicyclic) bond motifs is 2. The smallest absolute Gasteiger partial charge is 0.325 e. The number of carbonyl (C=O) groups excluding carboxylic acids is 2. The Balaban J connectivity index is 1.52. The molecule has 6 rings (SSSR count). The molecule has 4 N–H and O–H groups in total. The van der Waals surface area contributed by atoms with Crippen LogP contribution in [-0.4, -0.2) is 38.5 Å². The molecule has 0 bridgehead atoms. The number of benzene rings is 3. The summed E-state index contributed by atoms with van der Waals surface area (Å²) in [5.74, 6) is -4.60. The van der Waals surface area contributed by atoms with Crippen LogP contribution < -0.4 is 10.2 Å². The van der Waals surface area contributed by atoms with Gasteiger partial charge in [-0.1, -0.05) is 52.3 Å². The second-order valence-electron chi connectivity index (χ2n) is 9.49. The van der Waals surface area contributed by atoms with Crippen molar-refractivity contribution in [2.24, 2.45) is 11.8 Å². The summed E-state index contributed by atoms with van der Waals surface area (Å²) < 4.78 is 0.781. The molecule has 4 aromatic rings. The van der Waals surface area contributed by atoms with Gasteiger partial charge in [-0.3, -0.25) is 19.7 Å². The highest BCUT2D eigenvalue weighted by Crippen LogP contribution is 2.52. The zero-order valence-electron chi connectivity index (χ0n) is 19.4. The minimum Gasteiger partial charge on any atom is -0.508 e. The summed E-state index contributed by atoms with van der Waals surface area (Å²) in [4.78, 5) is 45.2. The van der Waals surface area contributed by atoms with Crippen molar-refractivity contribution in [1.29, 1.82) is 0 Å². The molecule has 0 unspecified atom stereocenters. The predicted molar refractivity (Wildman–Crippen MR) is 140 cm³/mol. The Kier molecular flexibility index (Phi) is 5.43. The summed E-state index contributed by atoms with van der Waals surface area (Å²) in [6.45, 7) is 0. The summed E-state index contributed by atoms with van der Waals surface area (Å²) in [7, 11) is 0. The number of para-hydroxylation sites is 2. The summed E-state index contributed by atoms with van der Waals surface area (Å²) in [6, 6.07) is 19.9. The van der Waals surface area contributed by atoms with E-state index in [0.717, 1.165) is 20.3 Å². The maximum atomic E-state index is 14.0. The first kappa shape index (κ1) is 23.4. The number of aromatic hydroxyl groups is 1. The predicted octanol–water partition coefficient (Wildman–Crippen LogP) is 4.15. The van der Waals surface area contributed by atoms with Crippen molar-refractivity contribution < 1.29 is 24.6 Å². The van der Waals surface area contributed by atoms with E-state index < -0.39 is 41.2 Å². The fraction of sp³-hybridized carbons (Fsp3) is 0.179. The number of hydrogen-bond acceptors (Lipinski definition) is 5. The zero-order valence-corrected chi connectivity index (χ0v) is 21.0. The molecular formula is C28H22BrN3O5. The van der Waals surface area contributed by atoms with E-state index >= 15 is 0 Å². The van der Waals surface area contributed by atoms with Gasteiger partial charge in [-0.15, -0.1) is 0 Å². The van der Waals surface area contributed by atoms with E-state index in [9.17, 15) is 24.6 Å². The minimum absolute atomic E-state index is 0.0369. The minimum atomic E-state index is -1.79. The number of aliphatic carboxylic acids is 1. The highest BCUT2D eigenvalue weighted by Gasteiger charge is 2.69. The fourth-order valence-corrected chi connectivity index (χ4v) is 6.14. The van der Waals surface area contributed by atoms with E-state index in [1.54, 1.807) is 48.7 Å². The number of carbonyl (C=O) groups is 3. The lowest BCUT2D eigenvalue weighted by molar-refractivity contribution is -0.148. The summed E-state index contributed by atoms with van der Waals surface area (Å²) in [5.41, 5.74) is 0.507. The van der Waals surface area contributed by atoms with Gasteiger partial charge in [-0.05, 0) is 42.0 Å². The third-order valence-corrected chi connectivity index (χ3v) is 8.07. The van der Waals surface area contributed by atoms with Gasteiger partial charge in [0.05, 0.1) is 17.5 Å². The van der Waals surface area contributed by atoms with E-state index in [1.807, 2.05) is 24.3 Å². The molecule has 2 aliphatic heterocycles. The van der Waals surface area contributed by atoms with E-state index in [1.165, 1.54) is 6.07 Å². The van der Waals surface area contributed by atoms with Gasteiger partial charge < -0.3 is 15.2 Å². The first-order valence-corrected chi connectivity index (χ1v) is 12.6. The number of hydrogen-bond donors (Lipinski definition) is 4. The summed E-state index contributed by atoms with van der Waals surface area (Å²) in [5, 5.41) is 25.3. The van der Waals surface area contributed by atoms with Crippen LogP contribution in [0.2, 0.25) is 0 Å². The maximum absolute atomic E-state index is 14.0. The number of nitrogens with zero attached hydrogens (tertiary/aromatic N) is 1. The first-order chi connectivity index (χ1) is 17.8. The van der Waals surface area contributed by atoms with Gasteiger partial charge in [0, 0.05) is 39.6 Å². The molecule has 186 valence electrons. The molecule has 3 heterocycles. The van der Waals surface area contributed by atoms with Gasteiger partial charge in [0.25, 0.3) is 0 Å². The lowest BCUT2D eigenvalue weighted by atomic mass is 9.76. The van der Waals surface area contributed by atoms with Crippen LogP contribution in [0.15, 0.2) is 83.5 Å². The van der Waals surface area contributed by atoms with Crippen molar-refractivity contribution in [2.45, 2.75) is 18.0 Å². The Labute approximate surface area is 220 Å². The summed E-state index contributed by atoms with van der Waals surface area (Å²) >= 11 is 3.36. The molecule has 4 atom stereocenters. The number of imide groups is 1. The second-order valence-corrected chi connectivity index (χ2v) is 10.4. The lowest BCUT2D eigenvalue weighted by Gasteiger charge is -2.31. The highest BCUT2D eigenvalue weighted by atomic mass is 79.9. The number of phenols is 1. The number of amides is 2. The lowest BCUT2D eigenvalue weighted by Crippen LogP contribution is -2.57. The van der Waals surface area contributed by atoms with Crippen molar-refractivity contribution in [2.75, 3.05) is 4.90 Å². The van der Waals surface area contributed by atoms with Crippen LogP contribution in [0.1, 0.15) is 17.2 Å². The van der Waals surface area contributed by atoms with Crippen molar-refractivity contribution in [3.63, 3.8) is 0 Å². The molecule has 2 fully saturated rings. The van der Waals surface area contributed by atoms with Crippen molar-refractivity contribution in [3.05, 3.63) is 94.6 Å². The average Bonchev–Trinajstić information content (AvgIpc) is 3.53. The Morgan fingerprint density at radius 3 is 2.41 bits per heavy atom. The highest BCUT2D eigenvalue weighted by molar-refractivity contribution is 9.10. The first-order valence-electron chi connectivity index (χ1n) is 11.8. The van der Waals surface area contributed by atoms with Crippen LogP contribution in [0, 0.1) is 11.8 Å². The number of carboxylic acids is 1. The Hall–Kier alpha value is -3.95. The molecule has 2 amide bonds. The van der Waals surface area contributed by atoms with Crippen LogP contribution in [0.4, 0.5) is 5.69 Å². The number of nitrogens with one attached hydrogen (secondary N) is 2. The molecule has 2 aliphatic rings. The molecule has 8 nitrogen and oxygen atoms in total. The molecule has 3 aromatic carbocycles. The van der Waals surface area contributed by atoms with Crippen LogP contribution >= 0.6 is 15.9 Å². The standard InChI is InChI=1S/C28H22BrN3O5/c29-16-9-11-17(12-10-16)32-25(34)22-23(26(32)35)28(27(36)37,31-24(22)19-6-2-4-8-21(19)33)13-15-14-30-20-7-3-1-5-18(15)20/h1-12,14,22-24,30-31,33H,13H2,(H,36,37)/t22-,23-,24+,28-/m0/s1. The molecular weight excluding hydrogens is 538 g/mol. The molecule has 37 heavy (non-hydrogen) atoms. The third-order valence-electron chi connectivity index (χ3n) is 7.54. The van der Waals surface area contributed by atoms with Gasteiger partial charge in [-0.2, -0.15) is 0 Å². The normalized spacial score (nSPS) is 25.1. The van der Waals surface area contributed by atoms with Gasteiger partial charge in [0.15, 0.2) is 0 Å².